The molecule has 2 heterocycles. The van der Waals surface area contributed by atoms with Gasteiger partial charge in [-0.2, -0.15) is 0 Å². The van der Waals surface area contributed by atoms with Gasteiger partial charge in [0.1, 0.15) is 0 Å². The van der Waals surface area contributed by atoms with Crippen molar-refractivity contribution in [3.8, 4) is 0 Å². The van der Waals surface area contributed by atoms with Crippen LogP contribution in [-0.4, -0.2) is 12.5 Å². The summed E-state index contributed by atoms with van der Waals surface area (Å²) >= 11 is 11.8. The zero-order chi connectivity index (χ0) is 17.7. The van der Waals surface area contributed by atoms with Crippen LogP contribution in [0.4, 0.5) is 0 Å². The van der Waals surface area contributed by atoms with Crippen LogP contribution >= 0.6 is 70.6 Å². The van der Waals surface area contributed by atoms with Crippen LogP contribution in [0.1, 0.15) is 53.4 Å². The Bertz CT molecular complexity index is 555. The van der Waals surface area contributed by atoms with Crippen molar-refractivity contribution in [2.75, 3.05) is 12.5 Å². The maximum absolute atomic E-state index is 2.31. The summed E-state index contributed by atoms with van der Waals surface area (Å²) < 4.78 is 6.03. The standard InChI is InChI=1S/C18H26S6/c1-7-9-13(17-21-11(3)15(19-5)23-17)14(10-8-2)18-22-12(4)16(20-6)24-18/h7-10H2,1-6H3/b17-13-,18-14+. The van der Waals surface area contributed by atoms with Gasteiger partial charge in [-0.15, -0.1) is 23.5 Å². The Kier molecular flexibility index (Phi) is 9.26. The second kappa shape index (κ2) is 10.4. The quantitative estimate of drug-likeness (QED) is 0.389. The van der Waals surface area contributed by atoms with Gasteiger partial charge in [-0.25, -0.2) is 0 Å². The van der Waals surface area contributed by atoms with Gasteiger partial charge in [-0.05, 0) is 50.3 Å². The maximum atomic E-state index is 2.31. The molecule has 24 heavy (non-hydrogen) atoms. The summed E-state index contributed by atoms with van der Waals surface area (Å²) in [5, 5.41) is 0. The minimum atomic E-state index is 1.19. The molecule has 6 heteroatoms. The molecular weight excluding hydrogens is 409 g/mol. The molecule has 0 nitrogen and oxygen atoms in total. The van der Waals surface area contributed by atoms with Gasteiger partial charge in [-0.1, -0.05) is 73.7 Å². The highest BCUT2D eigenvalue weighted by molar-refractivity contribution is 8.36. The van der Waals surface area contributed by atoms with Crippen LogP contribution in [0.3, 0.4) is 0 Å². The molecule has 0 N–H and O–H groups in total. The second-order valence-electron chi connectivity index (χ2n) is 5.54. The van der Waals surface area contributed by atoms with Gasteiger partial charge in [0.25, 0.3) is 0 Å². The van der Waals surface area contributed by atoms with E-state index in [1.807, 2.05) is 70.6 Å². The molecule has 0 saturated carbocycles. The van der Waals surface area contributed by atoms with Gasteiger partial charge in [0.15, 0.2) is 0 Å². The Morgan fingerprint density at radius 3 is 1.33 bits per heavy atom. The fraction of sp³-hybridized carbons (Fsp3) is 0.556. The first kappa shape index (κ1) is 21.4. The van der Waals surface area contributed by atoms with E-state index in [1.54, 1.807) is 11.1 Å². The van der Waals surface area contributed by atoms with Crippen molar-refractivity contribution < 1.29 is 0 Å². The van der Waals surface area contributed by atoms with Crippen molar-refractivity contribution in [3.63, 3.8) is 0 Å². The highest BCUT2D eigenvalue weighted by Gasteiger charge is 2.26. The summed E-state index contributed by atoms with van der Waals surface area (Å²) in [6.45, 7) is 9.15. The molecule has 0 bridgehead atoms. The van der Waals surface area contributed by atoms with Crippen LogP contribution in [0.5, 0.6) is 0 Å². The summed E-state index contributed by atoms with van der Waals surface area (Å²) in [6.07, 6.45) is 9.20. The molecule has 0 spiro atoms. The SMILES string of the molecule is CCCC(=C1\SC(C)=C(SC)S1)/C(CCC)=C1\SC(C)=C(SC)S1. The molecule has 2 rings (SSSR count). The topological polar surface area (TPSA) is 0 Å². The lowest BCUT2D eigenvalue weighted by Crippen LogP contribution is -1.95. The van der Waals surface area contributed by atoms with Gasteiger partial charge in [0.05, 0.1) is 16.9 Å². The average Bonchev–Trinajstić information content (AvgIpc) is 3.13. The lowest BCUT2D eigenvalue weighted by atomic mass is 10.0. The molecule has 0 unspecified atom stereocenters. The number of hydrogen-bond acceptors (Lipinski definition) is 6. The summed E-state index contributed by atoms with van der Waals surface area (Å²) in [5.41, 5.74) is 3.23. The maximum Gasteiger partial charge on any atom is 0.0549 e. The molecule has 0 saturated heterocycles. The van der Waals surface area contributed by atoms with Crippen molar-refractivity contribution in [3.05, 3.63) is 37.9 Å². The Labute approximate surface area is 173 Å². The van der Waals surface area contributed by atoms with Crippen LogP contribution < -0.4 is 0 Å². The molecule has 0 amide bonds. The molecule has 0 aromatic heterocycles. The largest absolute Gasteiger partial charge is 0.122 e. The third kappa shape index (κ3) is 5.07. The summed E-state index contributed by atoms with van der Waals surface area (Å²) in [5.74, 6) is 0. The van der Waals surface area contributed by atoms with E-state index < -0.39 is 0 Å². The molecular formula is C18H26S6. The van der Waals surface area contributed by atoms with E-state index >= 15 is 0 Å². The Hall–Kier alpha value is 1.06. The van der Waals surface area contributed by atoms with E-state index in [0.717, 1.165) is 0 Å². The molecule has 134 valence electrons. The summed E-state index contributed by atoms with van der Waals surface area (Å²) in [6, 6.07) is 0. The first-order valence-electron chi connectivity index (χ1n) is 8.23. The normalized spacial score (nSPS) is 22.8. The van der Waals surface area contributed by atoms with E-state index in [0.29, 0.717) is 0 Å². The van der Waals surface area contributed by atoms with Crippen LogP contribution in [0.25, 0.3) is 0 Å². The van der Waals surface area contributed by atoms with E-state index in [1.165, 1.54) is 52.4 Å². The zero-order valence-corrected chi connectivity index (χ0v) is 20.2. The number of hydrogen-bond donors (Lipinski definition) is 0. The predicted octanol–water partition coefficient (Wildman–Crippen LogP) is 9.07. The Morgan fingerprint density at radius 1 is 0.708 bits per heavy atom. The fourth-order valence-corrected chi connectivity index (χ4v) is 10.2. The molecule has 0 radical (unpaired) electrons. The van der Waals surface area contributed by atoms with Crippen LogP contribution in [0.2, 0.25) is 0 Å². The first-order valence-corrected chi connectivity index (χ1v) is 13.9. The smallest absolute Gasteiger partial charge is 0.0549 e. The number of thioether (sulfide) groups is 6. The number of allylic oxidation sites excluding steroid dienone is 4. The van der Waals surface area contributed by atoms with Gasteiger partial charge in [0, 0.05) is 9.81 Å². The van der Waals surface area contributed by atoms with E-state index in [9.17, 15) is 0 Å². The van der Waals surface area contributed by atoms with Crippen molar-refractivity contribution in [2.24, 2.45) is 0 Å². The average molecular weight is 435 g/mol. The Balaban J connectivity index is 2.41. The summed E-state index contributed by atoms with van der Waals surface area (Å²) in [7, 11) is 0. The minimum absolute atomic E-state index is 1.19. The predicted molar refractivity (Wildman–Crippen MR) is 127 cm³/mol. The van der Waals surface area contributed by atoms with Crippen molar-refractivity contribution in [1.29, 1.82) is 0 Å². The van der Waals surface area contributed by atoms with Crippen molar-refractivity contribution >= 4 is 70.6 Å². The van der Waals surface area contributed by atoms with Gasteiger partial charge in [-0.3, -0.25) is 0 Å². The van der Waals surface area contributed by atoms with E-state index in [4.69, 9.17) is 0 Å². The third-order valence-corrected chi connectivity index (χ3v) is 11.8. The third-order valence-electron chi connectivity index (χ3n) is 3.67. The Morgan fingerprint density at radius 2 is 1.08 bits per heavy atom. The van der Waals surface area contributed by atoms with Gasteiger partial charge >= 0.3 is 0 Å². The monoisotopic (exact) mass is 434 g/mol. The highest BCUT2D eigenvalue weighted by atomic mass is 32.2. The lowest BCUT2D eigenvalue weighted by molar-refractivity contribution is 0.854. The molecule has 0 atom stereocenters. The van der Waals surface area contributed by atoms with E-state index in [-0.39, 0.29) is 0 Å². The zero-order valence-electron chi connectivity index (χ0n) is 15.3. The van der Waals surface area contributed by atoms with Crippen LogP contribution in [0, 0.1) is 0 Å². The van der Waals surface area contributed by atoms with Crippen molar-refractivity contribution in [2.45, 2.75) is 53.4 Å². The highest BCUT2D eigenvalue weighted by Crippen LogP contribution is 2.59. The minimum Gasteiger partial charge on any atom is -0.122 e. The van der Waals surface area contributed by atoms with Crippen LogP contribution in [-0.2, 0) is 0 Å². The van der Waals surface area contributed by atoms with E-state index in [2.05, 4.69) is 40.2 Å². The molecule has 0 aromatic rings. The molecule has 2 aliphatic rings. The molecule has 0 aromatic carbocycles. The van der Waals surface area contributed by atoms with Gasteiger partial charge < -0.3 is 0 Å². The number of rotatable bonds is 7. The molecule has 0 aliphatic carbocycles. The summed E-state index contributed by atoms with van der Waals surface area (Å²) in [4.78, 5) is 2.95. The molecule has 2 aliphatic heterocycles. The van der Waals surface area contributed by atoms with Crippen LogP contribution in [0.15, 0.2) is 37.9 Å². The molecule has 0 fully saturated rings. The first-order chi connectivity index (χ1) is 11.5. The van der Waals surface area contributed by atoms with Crippen molar-refractivity contribution in [1.82, 2.24) is 0 Å². The lowest BCUT2D eigenvalue weighted by Gasteiger charge is -2.17. The fourth-order valence-electron chi connectivity index (χ4n) is 2.58. The second-order valence-corrected chi connectivity index (χ2v) is 12.7. The van der Waals surface area contributed by atoms with Gasteiger partial charge in [0.2, 0.25) is 0 Å².